The van der Waals surface area contributed by atoms with E-state index in [-0.39, 0.29) is 23.2 Å². The lowest BCUT2D eigenvalue weighted by Gasteiger charge is -2.25. The maximum Gasteiger partial charge on any atom is 0.276 e. The van der Waals surface area contributed by atoms with Crippen LogP contribution in [0, 0.1) is 11.6 Å². The molecule has 1 aliphatic heterocycles. The molecule has 0 saturated carbocycles. The fourth-order valence-corrected chi connectivity index (χ4v) is 3.02. The number of hydrogen-bond acceptors (Lipinski definition) is 4. The van der Waals surface area contributed by atoms with Crippen molar-refractivity contribution in [3.05, 3.63) is 47.3 Å². The molecule has 134 valence electrons. The van der Waals surface area contributed by atoms with E-state index in [1.807, 2.05) is 0 Å². The van der Waals surface area contributed by atoms with Crippen LogP contribution in [0.15, 0.2) is 24.4 Å². The van der Waals surface area contributed by atoms with Crippen molar-refractivity contribution in [3.8, 4) is 0 Å². The van der Waals surface area contributed by atoms with E-state index in [1.54, 1.807) is 24.9 Å². The Kier molecular flexibility index (Phi) is 5.08. The lowest BCUT2D eigenvalue weighted by atomic mass is 10.1. The molecule has 2 heterocycles. The van der Waals surface area contributed by atoms with Crippen LogP contribution >= 0.6 is 0 Å². The van der Waals surface area contributed by atoms with Gasteiger partial charge in [0.1, 0.15) is 11.6 Å². The molecule has 6 nitrogen and oxygen atoms in total. The number of hydrogen-bond donors (Lipinski definition) is 1. The van der Waals surface area contributed by atoms with Gasteiger partial charge >= 0.3 is 0 Å². The largest absolute Gasteiger partial charge is 0.333 e. The number of rotatable bonds is 4. The second-order valence-electron chi connectivity index (χ2n) is 6.32. The van der Waals surface area contributed by atoms with Gasteiger partial charge in [0, 0.05) is 12.6 Å². The van der Waals surface area contributed by atoms with Gasteiger partial charge in [-0.2, -0.15) is 0 Å². The third kappa shape index (κ3) is 3.68. The minimum atomic E-state index is -0.632. The lowest BCUT2D eigenvalue weighted by molar-refractivity contribution is 0.0734. The molecule has 3 rings (SSSR count). The number of carbonyl (C=O) groups is 1. The topological polar surface area (TPSA) is 63.1 Å². The predicted octanol–water partition coefficient (Wildman–Crippen LogP) is 2.31. The molecule has 0 bridgehead atoms. The SMILES string of the molecule is CC(c1cc(F)ccc1F)N(C)C(=O)c1cn(C2CCNCC2)nn1. The van der Waals surface area contributed by atoms with Crippen molar-refractivity contribution < 1.29 is 13.6 Å². The van der Waals surface area contributed by atoms with Gasteiger partial charge in [0.2, 0.25) is 0 Å². The number of aromatic nitrogens is 3. The first-order valence-electron chi connectivity index (χ1n) is 8.32. The zero-order valence-electron chi connectivity index (χ0n) is 14.2. The van der Waals surface area contributed by atoms with E-state index in [0.717, 1.165) is 44.1 Å². The van der Waals surface area contributed by atoms with Crippen LogP contribution < -0.4 is 5.32 Å². The van der Waals surface area contributed by atoms with Gasteiger partial charge in [-0.05, 0) is 51.1 Å². The van der Waals surface area contributed by atoms with E-state index < -0.39 is 17.7 Å². The maximum atomic E-state index is 14.0. The van der Waals surface area contributed by atoms with Gasteiger partial charge in [0.05, 0.1) is 18.3 Å². The molecular weight excluding hydrogens is 328 g/mol. The first-order chi connectivity index (χ1) is 12.0. The van der Waals surface area contributed by atoms with Gasteiger partial charge in [-0.25, -0.2) is 13.5 Å². The van der Waals surface area contributed by atoms with E-state index in [2.05, 4.69) is 15.6 Å². The Labute approximate surface area is 144 Å². The minimum Gasteiger partial charge on any atom is -0.333 e. The second-order valence-corrected chi connectivity index (χ2v) is 6.32. The van der Waals surface area contributed by atoms with Crippen molar-refractivity contribution in [1.29, 1.82) is 0 Å². The van der Waals surface area contributed by atoms with Gasteiger partial charge < -0.3 is 10.2 Å². The van der Waals surface area contributed by atoms with E-state index in [4.69, 9.17) is 0 Å². The quantitative estimate of drug-likeness (QED) is 0.920. The van der Waals surface area contributed by atoms with Gasteiger partial charge in [-0.3, -0.25) is 4.79 Å². The summed E-state index contributed by atoms with van der Waals surface area (Å²) in [6.45, 7) is 3.46. The van der Waals surface area contributed by atoms with Crippen LogP contribution in [0.4, 0.5) is 8.78 Å². The highest BCUT2D eigenvalue weighted by Crippen LogP contribution is 2.24. The molecule has 1 fully saturated rings. The fraction of sp³-hybridized carbons (Fsp3) is 0.471. The number of nitrogens with one attached hydrogen (secondary N) is 1. The molecule has 0 spiro atoms. The Morgan fingerprint density at radius 1 is 1.36 bits per heavy atom. The zero-order chi connectivity index (χ0) is 18.0. The van der Waals surface area contributed by atoms with Crippen molar-refractivity contribution in [2.75, 3.05) is 20.1 Å². The standard InChI is InChI=1S/C17H21F2N5O/c1-11(14-9-12(18)3-4-15(14)19)23(2)17(25)16-10-24(22-21-16)13-5-7-20-8-6-13/h3-4,9-11,13,20H,5-8H2,1-2H3. The van der Waals surface area contributed by atoms with Gasteiger partial charge in [0.25, 0.3) is 5.91 Å². The number of amides is 1. The van der Waals surface area contributed by atoms with Crippen LogP contribution in [0.1, 0.15) is 47.9 Å². The molecule has 1 amide bonds. The smallest absolute Gasteiger partial charge is 0.276 e. The van der Waals surface area contributed by atoms with E-state index in [9.17, 15) is 13.6 Å². The molecule has 8 heteroatoms. The molecule has 1 saturated heterocycles. The molecule has 1 N–H and O–H groups in total. The highest BCUT2D eigenvalue weighted by atomic mass is 19.1. The fourth-order valence-electron chi connectivity index (χ4n) is 3.02. The molecule has 1 aromatic heterocycles. The molecule has 1 aliphatic rings. The molecule has 25 heavy (non-hydrogen) atoms. The Morgan fingerprint density at radius 2 is 2.08 bits per heavy atom. The normalized spacial score (nSPS) is 16.6. The second kappa shape index (κ2) is 7.26. The summed E-state index contributed by atoms with van der Waals surface area (Å²) in [5, 5.41) is 11.3. The number of benzene rings is 1. The summed E-state index contributed by atoms with van der Waals surface area (Å²) in [6, 6.07) is 2.81. The minimum absolute atomic E-state index is 0.126. The van der Waals surface area contributed by atoms with Gasteiger partial charge in [-0.1, -0.05) is 5.21 Å². The Hall–Kier alpha value is -2.35. The highest BCUT2D eigenvalue weighted by Gasteiger charge is 2.25. The molecular formula is C17H21F2N5O. The van der Waals surface area contributed by atoms with Crippen LogP contribution in [0.2, 0.25) is 0 Å². The summed E-state index contributed by atoms with van der Waals surface area (Å²) in [6.07, 6.45) is 3.49. The molecule has 0 radical (unpaired) electrons. The number of halogens is 2. The average Bonchev–Trinajstić information content (AvgIpc) is 3.13. The van der Waals surface area contributed by atoms with Gasteiger partial charge in [-0.15, -0.1) is 5.10 Å². The van der Waals surface area contributed by atoms with Crippen LogP contribution in [0.25, 0.3) is 0 Å². The van der Waals surface area contributed by atoms with Crippen LogP contribution in [-0.4, -0.2) is 45.9 Å². The monoisotopic (exact) mass is 349 g/mol. The van der Waals surface area contributed by atoms with E-state index in [0.29, 0.717) is 0 Å². The Bertz CT molecular complexity index is 757. The molecule has 0 aliphatic carbocycles. The maximum absolute atomic E-state index is 14.0. The average molecular weight is 349 g/mol. The zero-order valence-corrected chi connectivity index (χ0v) is 14.2. The third-order valence-electron chi connectivity index (χ3n) is 4.72. The highest BCUT2D eigenvalue weighted by molar-refractivity contribution is 5.92. The molecule has 1 unspecified atom stereocenters. The molecule has 2 aromatic rings. The van der Waals surface area contributed by atoms with Crippen molar-refractivity contribution in [1.82, 2.24) is 25.2 Å². The number of carbonyl (C=O) groups excluding carboxylic acids is 1. The Balaban J connectivity index is 1.75. The van der Waals surface area contributed by atoms with Crippen LogP contribution in [0.3, 0.4) is 0 Å². The Morgan fingerprint density at radius 3 is 2.80 bits per heavy atom. The molecule has 1 atom stereocenters. The van der Waals surface area contributed by atoms with Crippen molar-refractivity contribution >= 4 is 5.91 Å². The molecule has 1 aromatic carbocycles. The van der Waals surface area contributed by atoms with Crippen molar-refractivity contribution in [2.45, 2.75) is 31.8 Å². The van der Waals surface area contributed by atoms with Gasteiger partial charge in [0.15, 0.2) is 5.69 Å². The first kappa shape index (κ1) is 17.5. The lowest BCUT2D eigenvalue weighted by Crippen LogP contribution is -2.31. The third-order valence-corrected chi connectivity index (χ3v) is 4.72. The van der Waals surface area contributed by atoms with Crippen molar-refractivity contribution in [3.63, 3.8) is 0 Å². The summed E-state index contributed by atoms with van der Waals surface area (Å²) in [4.78, 5) is 14.0. The van der Waals surface area contributed by atoms with E-state index in [1.165, 1.54) is 4.90 Å². The van der Waals surface area contributed by atoms with Crippen molar-refractivity contribution in [2.24, 2.45) is 0 Å². The summed E-state index contributed by atoms with van der Waals surface area (Å²) in [5.74, 6) is -1.47. The summed E-state index contributed by atoms with van der Waals surface area (Å²) in [5.41, 5.74) is 0.325. The van der Waals surface area contributed by atoms with E-state index >= 15 is 0 Å². The van der Waals surface area contributed by atoms with Crippen LogP contribution in [-0.2, 0) is 0 Å². The first-order valence-corrected chi connectivity index (χ1v) is 8.32. The number of nitrogens with zero attached hydrogens (tertiary/aromatic N) is 4. The number of piperidine rings is 1. The summed E-state index contributed by atoms with van der Waals surface area (Å²) < 4.78 is 29.1. The van der Waals surface area contributed by atoms with Crippen LogP contribution in [0.5, 0.6) is 0 Å². The summed E-state index contributed by atoms with van der Waals surface area (Å²) >= 11 is 0. The summed E-state index contributed by atoms with van der Waals surface area (Å²) in [7, 11) is 1.54. The predicted molar refractivity (Wildman–Crippen MR) is 88.0 cm³/mol.